The lowest BCUT2D eigenvalue weighted by molar-refractivity contribution is 0.0757. The first kappa shape index (κ1) is 24.0. The van der Waals surface area contributed by atoms with Gasteiger partial charge in [-0.3, -0.25) is 9.78 Å². The van der Waals surface area contributed by atoms with E-state index in [4.69, 9.17) is 14.7 Å². The van der Waals surface area contributed by atoms with Gasteiger partial charge in [0, 0.05) is 30.2 Å². The van der Waals surface area contributed by atoms with Crippen LogP contribution in [0.3, 0.4) is 0 Å². The standard InChI is InChI=1S/C30H28N6O2/c1-30(18-31)19-38-17-22-8-7-20(13-24(22)30)29(37)33-16-23-14-27-21(15-32-23)9-10-26(34-27)25-5-4-6-28(35-25)36-11-2-3-12-36/h4-10,13-15H,2-3,11-12,16-17,19H2,1H3,(H,33,37)/t30-/m1/s1. The zero-order chi connectivity index (χ0) is 26.1. The number of hydrogen-bond acceptors (Lipinski definition) is 7. The molecule has 6 rings (SSSR count). The van der Waals surface area contributed by atoms with Gasteiger partial charge in [0.2, 0.25) is 0 Å². The Labute approximate surface area is 221 Å². The lowest BCUT2D eigenvalue weighted by Gasteiger charge is -2.30. The third-order valence-corrected chi connectivity index (χ3v) is 7.35. The fourth-order valence-electron chi connectivity index (χ4n) is 5.15. The molecule has 1 N–H and O–H groups in total. The highest BCUT2D eigenvalue weighted by atomic mass is 16.5. The van der Waals surface area contributed by atoms with Gasteiger partial charge in [-0.15, -0.1) is 0 Å². The summed E-state index contributed by atoms with van der Waals surface area (Å²) in [4.78, 5) is 29.5. The van der Waals surface area contributed by atoms with Crippen molar-refractivity contribution in [1.29, 1.82) is 5.26 Å². The smallest absolute Gasteiger partial charge is 0.251 e. The van der Waals surface area contributed by atoms with Crippen LogP contribution in [0.25, 0.3) is 22.3 Å². The summed E-state index contributed by atoms with van der Waals surface area (Å²) in [5.74, 6) is 0.774. The van der Waals surface area contributed by atoms with Crippen molar-refractivity contribution in [3.8, 4) is 17.5 Å². The van der Waals surface area contributed by atoms with Crippen LogP contribution in [-0.4, -0.2) is 40.6 Å². The summed E-state index contributed by atoms with van der Waals surface area (Å²) in [5, 5.41) is 13.5. The van der Waals surface area contributed by atoms with Gasteiger partial charge in [-0.2, -0.15) is 5.26 Å². The van der Waals surface area contributed by atoms with Crippen LogP contribution in [0.15, 0.2) is 60.8 Å². The predicted molar refractivity (Wildman–Crippen MR) is 144 cm³/mol. The number of aromatic nitrogens is 3. The molecule has 1 amide bonds. The first-order chi connectivity index (χ1) is 18.5. The van der Waals surface area contributed by atoms with Crippen molar-refractivity contribution >= 4 is 22.6 Å². The molecule has 0 radical (unpaired) electrons. The maximum Gasteiger partial charge on any atom is 0.251 e. The van der Waals surface area contributed by atoms with Crippen LogP contribution in [0.4, 0.5) is 5.82 Å². The fourth-order valence-corrected chi connectivity index (χ4v) is 5.15. The quantitative estimate of drug-likeness (QED) is 0.426. The van der Waals surface area contributed by atoms with Crippen molar-refractivity contribution in [3.63, 3.8) is 0 Å². The Morgan fingerprint density at radius 3 is 2.79 bits per heavy atom. The molecular formula is C30H28N6O2. The third-order valence-electron chi connectivity index (χ3n) is 7.35. The Hall–Kier alpha value is -4.35. The van der Waals surface area contributed by atoms with Crippen LogP contribution < -0.4 is 10.2 Å². The van der Waals surface area contributed by atoms with E-state index in [0.29, 0.717) is 24.5 Å². The Bertz CT molecular complexity index is 1570. The van der Waals surface area contributed by atoms with Gasteiger partial charge in [0.15, 0.2) is 0 Å². The minimum absolute atomic E-state index is 0.217. The number of carbonyl (C=O) groups is 1. The number of rotatable bonds is 5. The first-order valence-corrected chi connectivity index (χ1v) is 12.9. The minimum Gasteiger partial charge on any atom is -0.375 e. The number of ether oxygens (including phenoxy) is 1. The zero-order valence-corrected chi connectivity index (χ0v) is 21.3. The highest BCUT2D eigenvalue weighted by molar-refractivity contribution is 5.94. The van der Waals surface area contributed by atoms with Gasteiger partial charge in [-0.1, -0.05) is 12.1 Å². The molecule has 0 saturated carbocycles. The van der Waals surface area contributed by atoms with Crippen molar-refractivity contribution in [2.45, 2.75) is 38.3 Å². The second-order valence-electron chi connectivity index (χ2n) is 10.1. The molecular weight excluding hydrogens is 476 g/mol. The fraction of sp³-hybridized carbons (Fsp3) is 0.300. The maximum absolute atomic E-state index is 13.0. The molecule has 1 saturated heterocycles. The molecule has 8 heteroatoms. The molecule has 1 fully saturated rings. The van der Waals surface area contributed by atoms with Gasteiger partial charge < -0.3 is 15.0 Å². The molecule has 4 aromatic rings. The van der Waals surface area contributed by atoms with E-state index in [-0.39, 0.29) is 12.5 Å². The summed E-state index contributed by atoms with van der Waals surface area (Å²) >= 11 is 0. The number of fused-ring (bicyclic) bond motifs is 2. The van der Waals surface area contributed by atoms with Crippen molar-refractivity contribution in [2.75, 3.05) is 24.6 Å². The summed E-state index contributed by atoms with van der Waals surface area (Å²) in [6.45, 7) is 4.95. The number of benzene rings is 1. The normalized spacial score (nSPS) is 18.7. The van der Waals surface area contributed by atoms with E-state index >= 15 is 0 Å². The molecule has 0 aliphatic carbocycles. The molecule has 1 aromatic carbocycles. The number of nitrogens with zero attached hydrogens (tertiary/aromatic N) is 5. The van der Waals surface area contributed by atoms with Crippen LogP contribution in [0, 0.1) is 11.3 Å². The Balaban J connectivity index is 1.20. The van der Waals surface area contributed by atoms with Crippen LogP contribution in [0.2, 0.25) is 0 Å². The van der Waals surface area contributed by atoms with E-state index in [0.717, 1.165) is 52.3 Å². The number of amides is 1. The van der Waals surface area contributed by atoms with E-state index in [1.54, 1.807) is 18.3 Å². The summed E-state index contributed by atoms with van der Waals surface area (Å²) < 4.78 is 5.57. The van der Waals surface area contributed by atoms with Gasteiger partial charge in [0.05, 0.1) is 48.4 Å². The van der Waals surface area contributed by atoms with Gasteiger partial charge >= 0.3 is 0 Å². The van der Waals surface area contributed by atoms with E-state index in [1.807, 2.05) is 43.3 Å². The van der Waals surface area contributed by atoms with Crippen molar-refractivity contribution in [2.24, 2.45) is 0 Å². The summed E-state index contributed by atoms with van der Waals surface area (Å²) in [5.41, 5.74) is 4.69. The Morgan fingerprint density at radius 2 is 1.95 bits per heavy atom. The summed E-state index contributed by atoms with van der Waals surface area (Å²) in [6.07, 6.45) is 4.18. The summed E-state index contributed by atoms with van der Waals surface area (Å²) in [6, 6.07) is 19.7. The average molecular weight is 505 g/mol. The number of hydrogen-bond donors (Lipinski definition) is 1. The predicted octanol–water partition coefficient (Wildman–Crippen LogP) is 4.53. The molecule has 190 valence electrons. The Kier molecular flexibility index (Phi) is 6.22. The van der Waals surface area contributed by atoms with Crippen LogP contribution in [-0.2, 0) is 23.3 Å². The SMILES string of the molecule is C[C@@]1(C#N)COCc2ccc(C(=O)NCc3cc4nc(-c5cccc(N6CCCC6)n5)ccc4cn3)cc21. The van der Waals surface area contributed by atoms with Crippen molar-refractivity contribution in [1.82, 2.24) is 20.3 Å². The largest absolute Gasteiger partial charge is 0.375 e. The second-order valence-corrected chi connectivity index (χ2v) is 10.1. The van der Waals surface area contributed by atoms with Crippen LogP contribution in [0.5, 0.6) is 0 Å². The maximum atomic E-state index is 13.0. The van der Waals surface area contributed by atoms with Gasteiger partial charge in [0.25, 0.3) is 5.91 Å². The molecule has 2 aliphatic heterocycles. The highest BCUT2D eigenvalue weighted by Crippen LogP contribution is 2.32. The van der Waals surface area contributed by atoms with E-state index in [2.05, 4.69) is 27.3 Å². The second kappa shape index (κ2) is 9.84. The number of anilines is 1. The van der Waals surface area contributed by atoms with E-state index < -0.39 is 5.41 Å². The van der Waals surface area contributed by atoms with E-state index in [1.165, 1.54) is 12.8 Å². The van der Waals surface area contributed by atoms with Gasteiger partial charge in [-0.25, -0.2) is 9.97 Å². The van der Waals surface area contributed by atoms with Gasteiger partial charge in [0.1, 0.15) is 11.2 Å². The first-order valence-electron chi connectivity index (χ1n) is 12.9. The van der Waals surface area contributed by atoms with Gasteiger partial charge in [-0.05, 0) is 73.4 Å². The molecule has 2 aliphatic rings. The molecule has 38 heavy (non-hydrogen) atoms. The van der Waals surface area contributed by atoms with Crippen molar-refractivity contribution < 1.29 is 9.53 Å². The number of pyridine rings is 3. The Morgan fingerprint density at radius 1 is 1.11 bits per heavy atom. The molecule has 0 bridgehead atoms. The third kappa shape index (κ3) is 4.57. The molecule has 8 nitrogen and oxygen atoms in total. The molecule has 0 unspecified atom stereocenters. The number of nitriles is 1. The minimum atomic E-state index is -0.768. The molecule has 0 spiro atoms. The average Bonchev–Trinajstić information content (AvgIpc) is 3.51. The number of nitrogens with one attached hydrogen (secondary N) is 1. The molecule has 5 heterocycles. The molecule has 3 aromatic heterocycles. The zero-order valence-electron chi connectivity index (χ0n) is 21.3. The topological polar surface area (TPSA) is 104 Å². The lowest BCUT2D eigenvalue weighted by atomic mass is 9.79. The monoisotopic (exact) mass is 504 g/mol. The number of carbonyl (C=O) groups excluding carboxylic acids is 1. The highest BCUT2D eigenvalue weighted by Gasteiger charge is 2.33. The summed E-state index contributed by atoms with van der Waals surface area (Å²) in [7, 11) is 0. The van der Waals surface area contributed by atoms with Crippen molar-refractivity contribution in [3.05, 3.63) is 83.2 Å². The van der Waals surface area contributed by atoms with Crippen LogP contribution in [0.1, 0.15) is 46.9 Å². The lowest BCUT2D eigenvalue weighted by Crippen LogP contribution is -2.33. The molecule has 1 atom stereocenters. The van der Waals surface area contributed by atoms with E-state index in [9.17, 15) is 10.1 Å². The van der Waals surface area contributed by atoms with Crippen LogP contribution >= 0.6 is 0 Å².